The predicted octanol–water partition coefficient (Wildman–Crippen LogP) is 7.10. The van der Waals surface area contributed by atoms with Gasteiger partial charge in [0.25, 0.3) is 0 Å². The van der Waals surface area contributed by atoms with Gasteiger partial charge in [-0.15, -0.1) is 0 Å². The van der Waals surface area contributed by atoms with Gasteiger partial charge in [0.1, 0.15) is 0 Å². The molecule has 0 saturated heterocycles. The van der Waals surface area contributed by atoms with E-state index in [4.69, 9.17) is 4.74 Å². The Balaban J connectivity index is 2.90. The van der Waals surface area contributed by atoms with Crippen molar-refractivity contribution in [1.82, 2.24) is 0 Å². The molecule has 1 radical (unpaired) electrons. The van der Waals surface area contributed by atoms with Gasteiger partial charge in [0.15, 0.2) is 0 Å². The first kappa shape index (κ1) is 21.0. The molecule has 0 N–H and O–H groups in total. The largest absolute Gasteiger partial charge is 0.382 e. The van der Waals surface area contributed by atoms with Crippen molar-refractivity contribution in [3.05, 3.63) is 6.92 Å². The molecule has 1 nitrogen and oxygen atoms in total. The van der Waals surface area contributed by atoms with Crippen LogP contribution in [0.4, 0.5) is 0 Å². The molecule has 0 aliphatic rings. The maximum Gasteiger partial charge on any atom is 0.0465 e. The van der Waals surface area contributed by atoms with Crippen LogP contribution in [0.3, 0.4) is 0 Å². The molecule has 0 aliphatic heterocycles. The normalized spacial score (nSPS) is 11.1. The summed E-state index contributed by atoms with van der Waals surface area (Å²) in [5, 5.41) is 0. The van der Waals surface area contributed by atoms with E-state index in [2.05, 4.69) is 13.8 Å². The smallest absolute Gasteiger partial charge is 0.0465 e. The van der Waals surface area contributed by atoms with E-state index in [-0.39, 0.29) is 0 Å². The van der Waals surface area contributed by atoms with Gasteiger partial charge in [0.2, 0.25) is 0 Å². The molecular formula is C20H41O. The van der Waals surface area contributed by atoms with Crippen molar-refractivity contribution in [1.29, 1.82) is 0 Å². The molecule has 0 aromatic rings. The zero-order valence-electron chi connectivity index (χ0n) is 14.8. The van der Waals surface area contributed by atoms with Crippen LogP contribution in [0.1, 0.15) is 110 Å². The highest BCUT2D eigenvalue weighted by atomic mass is 16.5. The molecular weight excluding hydrogens is 256 g/mol. The molecule has 0 aromatic carbocycles. The summed E-state index contributed by atoms with van der Waals surface area (Å²) in [6.45, 7) is 7.80. The Bertz CT molecular complexity index is 149. The third-order valence-corrected chi connectivity index (χ3v) is 4.24. The monoisotopic (exact) mass is 297 g/mol. The summed E-state index contributed by atoms with van der Waals surface area (Å²) in [6.07, 6.45) is 22.4. The first-order chi connectivity index (χ1) is 10.4. The Morgan fingerprint density at radius 3 is 1.19 bits per heavy atom. The molecule has 0 amide bonds. The van der Waals surface area contributed by atoms with Gasteiger partial charge in [0, 0.05) is 13.2 Å². The second-order valence-electron chi connectivity index (χ2n) is 6.35. The van der Waals surface area contributed by atoms with Crippen molar-refractivity contribution < 1.29 is 4.74 Å². The molecule has 0 unspecified atom stereocenters. The van der Waals surface area contributed by atoms with E-state index in [0.717, 1.165) is 19.6 Å². The van der Waals surface area contributed by atoms with E-state index in [9.17, 15) is 0 Å². The van der Waals surface area contributed by atoms with Gasteiger partial charge in [0.05, 0.1) is 0 Å². The highest BCUT2D eigenvalue weighted by Gasteiger charge is 1.94. The van der Waals surface area contributed by atoms with Crippen molar-refractivity contribution in [3.8, 4) is 0 Å². The van der Waals surface area contributed by atoms with E-state index >= 15 is 0 Å². The molecule has 1 heteroatoms. The zero-order chi connectivity index (χ0) is 15.4. The van der Waals surface area contributed by atoms with Gasteiger partial charge in [-0.25, -0.2) is 0 Å². The second-order valence-corrected chi connectivity index (χ2v) is 6.35. The van der Waals surface area contributed by atoms with Crippen molar-refractivity contribution in [2.75, 3.05) is 13.2 Å². The van der Waals surface area contributed by atoms with E-state index in [1.54, 1.807) is 0 Å². The molecule has 0 saturated carbocycles. The Hall–Kier alpha value is -0.0400. The van der Waals surface area contributed by atoms with Crippen LogP contribution in [-0.4, -0.2) is 13.2 Å². The molecule has 21 heavy (non-hydrogen) atoms. The molecule has 0 aliphatic carbocycles. The quantitative estimate of drug-likeness (QED) is 0.245. The van der Waals surface area contributed by atoms with Crippen LogP contribution in [0.15, 0.2) is 0 Å². The molecule has 0 atom stereocenters. The second kappa shape index (κ2) is 20.0. The molecule has 127 valence electrons. The summed E-state index contributed by atoms with van der Waals surface area (Å²) < 4.78 is 5.35. The van der Waals surface area contributed by atoms with Gasteiger partial charge in [-0.1, -0.05) is 103 Å². The molecule has 0 rings (SSSR count). The van der Waals surface area contributed by atoms with Crippen LogP contribution >= 0.6 is 0 Å². The third-order valence-electron chi connectivity index (χ3n) is 4.24. The highest BCUT2D eigenvalue weighted by Crippen LogP contribution is 2.13. The van der Waals surface area contributed by atoms with Gasteiger partial charge < -0.3 is 4.74 Å². The Morgan fingerprint density at radius 2 is 0.857 bits per heavy atom. The molecule has 0 aromatic heterocycles. The summed E-state index contributed by atoms with van der Waals surface area (Å²) in [7, 11) is 0. The summed E-state index contributed by atoms with van der Waals surface area (Å²) in [4.78, 5) is 0. The Kier molecular flexibility index (Phi) is 19.9. The van der Waals surface area contributed by atoms with Crippen LogP contribution in [0.2, 0.25) is 0 Å². The number of ether oxygens (including phenoxy) is 1. The summed E-state index contributed by atoms with van der Waals surface area (Å²) in [6, 6.07) is 0. The van der Waals surface area contributed by atoms with E-state index in [1.165, 1.54) is 96.3 Å². The first-order valence-electron chi connectivity index (χ1n) is 9.78. The van der Waals surface area contributed by atoms with Gasteiger partial charge >= 0.3 is 0 Å². The first-order valence-corrected chi connectivity index (χ1v) is 9.78. The van der Waals surface area contributed by atoms with Crippen LogP contribution in [-0.2, 0) is 4.74 Å². The lowest BCUT2D eigenvalue weighted by Crippen LogP contribution is -1.92. The van der Waals surface area contributed by atoms with Crippen molar-refractivity contribution in [2.45, 2.75) is 110 Å². The minimum absolute atomic E-state index is 0.871. The molecule has 0 fully saturated rings. The lowest BCUT2D eigenvalue weighted by molar-refractivity contribution is 0.143. The standard InChI is InChI=1S/C20H41O/c1-3-5-6-7-8-9-10-11-12-13-14-15-16-17-18-19-20-21-4-2/h1,3-20H2,2H3. The predicted molar refractivity (Wildman–Crippen MR) is 95.7 cm³/mol. The topological polar surface area (TPSA) is 9.23 Å². The summed E-state index contributed by atoms with van der Waals surface area (Å²) >= 11 is 0. The van der Waals surface area contributed by atoms with Crippen molar-refractivity contribution in [2.24, 2.45) is 0 Å². The van der Waals surface area contributed by atoms with Crippen LogP contribution < -0.4 is 0 Å². The zero-order valence-corrected chi connectivity index (χ0v) is 14.8. The van der Waals surface area contributed by atoms with Crippen molar-refractivity contribution in [3.63, 3.8) is 0 Å². The lowest BCUT2D eigenvalue weighted by atomic mass is 10.0. The highest BCUT2D eigenvalue weighted by molar-refractivity contribution is 4.50. The minimum Gasteiger partial charge on any atom is -0.382 e. The number of rotatable bonds is 18. The number of unbranched alkanes of at least 4 members (excludes halogenated alkanes) is 15. The van der Waals surface area contributed by atoms with E-state index in [1.807, 2.05) is 0 Å². The average molecular weight is 298 g/mol. The average Bonchev–Trinajstić information content (AvgIpc) is 2.50. The third kappa shape index (κ3) is 20.0. The fourth-order valence-corrected chi connectivity index (χ4v) is 2.82. The minimum atomic E-state index is 0.871. The fraction of sp³-hybridized carbons (Fsp3) is 0.950. The van der Waals surface area contributed by atoms with Crippen LogP contribution in [0.25, 0.3) is 0 Å². The van der Waals surface area contributed by atoms with Crippen LogP contribution in [0, 0.1) is 6.92 Å². The van der Waals surface area contributed by atoms with E-state index in [0.29, 0.717) is 0 Å². The summed E-state index contributed by atoms with van der Waals surface area (Å²) in [5.41, 5.74) is 0. The van der Waals surface area contributed by atoms with Gasteiger partial charge in [-0.3, -0.25) is 0 Å². The number of hydrogen-bond donors (Lipinski definition) is 0. The van der Waals surface area contributed by atoms with Gasteiger partial charge in [-0.2, -0.15) is 0 Å². The molecule has 0 bridgehead atoms. The maximum absolute atomic E-state index is 5.35. The SMILES string of the molecule is [CH2]CCCCCCCCCCCCCCCCCOCC. The number of hydrogen-bond acceptors (Lipinski definition) is 1. The van der Waals surface area contributed by atoms with Crippen LogP contribution in [0.5, 0.6) is 0 Å². The summed E-state index contributed by atoms with van der Waals surface area (Å²) in [5.74, 6) is 0. The Labute approximate surface area is 135 Å². The van der Waals surface area contributed by atoms with E-state index < -0.39 is 0 Å². The molecule has 0 spiro atoms. The fourth-order valence-electron chi connectivity index (χ4n) is 2.82. The lowest BCUT2D eigenvalue weighted by Gasteiger charge is -2.03. The maximum atomic E-state index is 5.35. The van der Waals surface area contributed by atoms with Gasteiger partial charge in [-0.05, 0) is 13.3 Å². The Morgan fingerprint density at radius 1 is 0.524 bits per heavy atom. The van der Waals surface area contributed by atoms with Crippen molar-refractivity contribution >= 4 is 0 Å². The molecule has 0 heterocycles.